The normalized spacial score (nSPS) is 16.9. The number of nitrogens with zero attached hydrogens (tertiary/aromatic N) is 2. The lowest BCUT2D eigenvalue weighted by molar-refractivity contribution is 0.397. The zero-order valence-corrected chi connectivity index (χ0v) is 12.7. The summed E-state index contributed by atoms with van der Waals surface area (Å²) < 4.78 is 5.06. The second kappa shape index (κ2) is 7.99. The summed E-state index contributed by atoms with van der Waals surface area (Å²) in [6.07, 6.45) is 10.4. The molecule has 6 heteroatoms. The highest BCUT2D eigenvalue weighted by atomic mass is 32.1. The minimum Gasteiger partial charge on any atom is -0.481 e. The standard InChI is InChI=1S/C14H22N4OS/c1-19-13-9-12(15-10-16-13)18-14(20)17-11-7-5-3-2-4-6-8-11/h9-11H,2-8H2,1H3,(H2,15,16,17,18,20). The van der Waals surface area contributed by atoms with Gasteiger partial charge in [0, 0.05) is 12.1 Å². The van der Waals surface area contributed by atoms with Crippen molar-refractivity contribution in [2.45, 2.75) is 51.0 Å². The fourth-order valence-electron chi connectivity index (χ4n) is 2.46. The maximum atomic E-state index is 5.35. The molecule has 2 rings (SSSR count). The smallest absolute Gasteiger partial charge is 0.218 e. The molecule has 0 amide bonds. The van der Waals surface area contributed by atoms with Crippen molar-refractivity contribution in [3.63, 3.8) is 0 Å². The van der Waals surface area contributed by atoms with Crippen molar-refractivity contribution in [2.75, 3.05) is 12.4 Å². The molecule has 1 saturated carbocycles. The van der Waals surface area contributed by atoms with Crippen LogP contribution >= 0.6 is 12.2 Å². The molecule has 1 heterocycles. The fraction of sp³-hybridized carbons (Fsp3) is 0.643. The Kier molecular flexibility index (Phi) is 5.98. The van der Waals surface area contributed by atoms with Gasteiger partial charge in [0.05, 0.1) is 7.11 Å². The van der Waals surface area contributed by atoms with Crippen molar-refractivity contribution in [1.82, 2.24) is 15.3 Å². The minimum absolute atomic E-state index is 0.471. The molecule has 0 aliphatic heterocycles. The van der Waals surface area contributed by atoms with Crippen LogP contribution in [0.5, 0.6) is 5.88 Å². The summed E-state index contributed by atoms with van der Waals surface area (Å²) in [4.78, 5) is 8.09. The summed E-state index contributed by atoms with van der Waals surface area (Å²) in [6.45, 7) is 0. The van der Waals surface area contributed by atoms with Gasteiger partial charge < -0.3 is 15.4 Å². The van der Waals surface area contributed by atoms with E-state index in [2.05, 4.69) is 20.6 Å². The number of thiocarbonyl (C=S) groups is 1. The highest BCUT2D eigenvalue weighted by Gasteiger charge is 2.12. The Morgan fingerprint density at radius 2 is 1.90 bits per heavy atom. The molecular weight excluding hydrogens is 272 g/mol. The predicted molar refractivity (Wildman–Crippen MR) is 84.0 cm³/mol. The number of methoxy groups -OCH3 is 1. The number of anilines is 1. The molecule has 1 aromatic rings. The molecule has 20 heavy (non-hydrogen) atoms. The second-order valence-corrected chi connectivity index (χ2v) is 5.49. The molecule has 0 atom stereocenters. The van der Waals surface area contributed by atoms with E-state index >= 15 is 0 Å². The van der Waals surface area contributed by atoms with Crippen molar-refractivity contribution in [2.24, 2.45) is 0 Å². The van der Waals surface area contributed by atoms with E-state index < -0.39 is 0 Å². The van der Waals surface area contributed by atoms with Gasteiger partial charge in [0.2, 0.25) is 5.88 Å². The van der Waals surface area contributed by atoms with Crippen molar-refractivity contribution < 1.29 is 4.74 Å². The Morgan fingerprint density at radius 1 is 1.20 bits per heavy atom. The van der Waals surface area contributed by atoms with Crippen molar-refractivity contribution >= 4 is 23.1 Å². The van der Waals surface area contributed by atoms with Crippen LogP contribution in [0.25, 0.3) is 0 Å². The number of hydrogen-bond acceptors (Lipinski definition) is 4. The zero-order chi connectivity index (χ0) is 14.2. The summed E-state index contributed by atoms with van der Waals surface area (Å²) in [7, 11) is 1.58. The van der Waals surface area contributed by atoms with Gasteiger partial charge in [-0.25, -0.2) is 9.97 Å². The van der Waals surface area contributed by atoms with Crippen LogP contribution in [-0.2, 0) is 0 Å². The molecule has 1 aliphatic rings. The van der Waals surface area contributed by atoms with Gasteiger partial charge in [0.25, 0.3) is 0 Å². The maximum absolute atomic E-state index is 5.35. The first-order valence-corrected chi connectivity index (χ1v) is 7.62. The van der Waals surface area contributed by atoms with Gasteiger partial charge in [-0.15, -0.1) is 0 Å². The molecule has 1 aliphatic carbocycles. The van der Waals surface area contributed by atoms with Gasteiger partial charge in [-0.2, -0.15) is 0 Å². The SMILES string of the molecule is COc1cc(NC(=S)NC2CCCCCCC2)ncn1. The third-order valence-corrected chi connectivity index (χ3v) is 3.75. The maximum Gasteiger partial charge on any atom is 0.218 e. The van der Waals surface area contributed by atoms with Gasteiger partial charge in [-0.05, 0) is 25.1 Å². The monoisotopic (exact) mass is 294 g/mol. The summed E-state index contributed by atoms with van der Waals surface area (Å²) in [5.41, 5.74) is 0. The number of nitrogens with one attached hydrogen (secondary N) is 2. The van der Waals surface area contributed by atoms with Gasteiger partial charge in [-0.3, -0.25) is 0 Å². The molecule has 110 valence electrons. The Balaban J connectivity index is 1.84. The molecule has 0 spiro atoms. The minimum atomic E-state index is 0.471. The predicted octanol–water partition coefficient (Wildman–Crippen LogP) is 2.88. The quantitative estimate of drug-likeness (QED) is 0.836. The Labute approximate surface area is 125 Å². The Morgan fingerprint density at radius 3 is 2.60 bits per heavy atom. The lowest BCUT2D eigenvalue weighted by atomic mass is 9.97. The van der Waals surface area contributed by atoms with Crippen molar-refractivity contribution in [3.05, 3.63) is 12.4 Å². The van der Waals surface area contributed by atoms with Crippen LogP contribution in [0.2, 0.25) is 0 Å². The molecular formula is C14H22N4OS. The molecule has 0 saturated heterocycles. The fourth-order valence-corrected chi connectivity index (χ4v) is 2.73. The lowest BCUT2D eigenvalue weighted by Crippen LogP contribution is -2.38. The number of ether oxygens (including phenoxy) is 1. The van der Waals surface area contributed by atoms with E-state index in [9.17, 15) is 0 Å². The highest BCUT2D eigenvalue weighted by molar-refractivity contribution is 7.80. The van der Waals surface area contributed by atoms with Crippen LogP contribution in [0.3, 0.4) is 0 Å². The molecule has 0 unspecified atom stereocenters. The van der Waals surface area contributed by atoms with Gasteiger partial charge in [-0.1, -0.05) is 32.1 Å². The summed E-state index contributed by atoms with van der Waals surface area (Å²) >= 11 is 5.35. The largest absolute Gasteiger partial charge is 0.481 e. The zero-order valence-electron chi connectivity index (χ0n) is 11.9. The van der Waals surface area contributed by atoms with E-state index in [0.717, 1.165) is 0 Å². The van der Waals surface area contributed by atoms with Gasteiger partial charge >= 0.3 is 0 Å². The molecule has 0 radical (unpaired) electrons. The molecule has 0 aromatic carbocycles. The van der Waals surface area contributed by atoms with Crippen LogP contribution in [0.4, 0.5) is 5.82 Å². The van der Waals surface area contributed by atoms with Crippen molar-refractivity contribution in [3.8, 4) is 5.88 Å². The first-order valence-electron chi connectivity index (χ1n) is 7.21. The first-order chi connectivity index (χ1) is 9.78. The number of aromatic nitrogens is 2. The second-order valence-electron chi connectivity index (χ2n) is 5.09. The molecule has 1 aromatic heterocycles. The summed E-state index contributed by atoms with van der Waals surface area (Å²) in [5.74, 6) is 1.18. The summed E-state index contributed by atoms with van der Waals surface area (Å²) in [6, 6.07) is 2.20. The average Bonchev–Trinajstić information content (AvgIpc) is 2.42. The lowest BCUT2D eigenvalue weighted by Gasteiger charge is -2.22. The van der Waals surface area contributed by atoms with E-state index in [0.29, 0.717) is 22.9 Å². The topological polar surface area (TPSA) is 59.1 Å². The van der Waals surface area contributed by atoms with Crippen molar-refractivity contribution in [1.29, 1.82) is 0 Å². The summed E-state index contributed by atoms with van der Waals surface area (Å²) in [5, 5.41) is 7.10. The molecule has 0 bridgehead atoms. The van der Waals surface area contributed by atoms with E-state index in [1.807, 2.05) is 0 Å². The molecule has 5 nitrogen and oxygen atoms in total. The van der Waals surface area contributed by atoms with E-state index in [-0.39, 0.29) is 0 Å². The number of rotatable bonds is 3. The third kappa shape index (κ3) is 4.92. The number of hydrogen-bond donors (Lipinski definition) is 2. The third-order valence-electron chi connectivity index (χ3n) is 3.53. The first kappa shape index (κ1) is 15.0. The van der Waals surface area contributed by atoms with Crippen LogP contribution in [0.15, 0.2) is 12.4 Å². The van der Waals surface area contributed by atoms with Gasteiger partial charge in [0.15, 0.2) is 5.11 Å². The highest BCUT2D eigenvalue weighted by Crippen LogP contribution is 2.17. The van der Waals surface area contributed by atoms with E-state index in [1.54, 1.807) is 13.2 Å². The Bertz CT molecular complexity index is 433. The van der Waals surface area contributed by atoms with Crippen LogP contribution in [-0.4, -0.2) is 28.2 Å². The van der Waals surface area contributed by atoms with Crippen LogP contribution in [0.1, 0.15) is 44.9 Å². The van der Waals surface area contributed by atoms with Gasteiger partial charge in [0.1, 0.15) is 12.1 Å². The van der Waals surface area contributed by atoms with Crippen LogP contribution in [0, 0.1) is 0 Å². The molecule has 1 fully saturated rings. The Hall–Kier alpha value is -1.43. The van der Waals surface area contributed by atoms with Crippen LogP contribution < -0.4 is 15.4 Å². The van der Waals surface area contributed by atoms with E-state index in [1.165, 1.54) is 51.3 Å². The average molecular weight is 294 g/mol. The van der Waals surface area contributed by atoms with E-state index in [4.69, 9.17) is 17.0 Å². The molecule has 2 N–H and O–H groups in total.